The normalized spacial score (nSPS) is 12.2. The minimum atomic E-state index is -0.318. The van der Waals surface area contributed by atoms with Gasteiger partial charge in [-0.05, 0) is 26.0 Å². The van der Waals surface area contributed by atoms with Crippen molar-refractivity contribution in [3.05, 3.63) is 27.7 Å². The van der Waals surface area contributed by atoms with Crippen LogP contribution >= 0.6 is 23.2 Å². The lowest BCUT2D eigenvalue weighted by molar-refractivity contribution is 0.0872. The van der Waals surface area contributed by atoms with Crippen molar-refractivity contribution in [2.45, 2.75) is 19.9 Å². The minimum Gasteiger partial charge on any atom is -0.399 e. The van der Waals surface area contributed by atoms with Gasteiger partial charge in [-0.3, -0.25) is 4.79 Å². The van der Waals surface area contributed by atoms with Crippen molar-refractivity contribution >= 4 is 34.8 Å². The molecule has 0 saturated heterocycles. The van der Waals surface area contributed by atoms with Gasteiger partial charge in [-0.2, -0.15) is 0 Å². The predicted molar refractivity (Wildman–Crippen MR) is 74.3 cm³/mol. The van der Waals surface area contributed by atoms with E-state index < -0.39 is 0 Å². The second-order valence-electron chi connectivity index (χ2n) is 3.90. The summed E-state index contributed by atoms with van der Waals surface area (Å²) in [5, 5.41) is 3.23. The molecule has 3 N–H and O–H groups in total. The van der Waals surface area contributed by atoms with E-state index in [9.17, 15) is 4.79 Å². The highest BCUT2D eigenvalue weighted by Crippen LogP contribution is 2.28. The summed E-state index contributed by atoms with van der Waals surface area (Å²) < 4.78 is 5.21. The summed E-state index contributed by atoms with van der Waals surface area (Å²) in [6.45, 7) is 4.78. The van der Waals surface area contributed by atoms with Gasteiger partial charge in [-0.1, -0.05) is 23.2 Å². The lowest BCUT2D eigenvalue weighted by Crippen LogP contribution is -2.36. The maximum atomic E-state index is 12.0. The predicted octanol–water partition coefficient (Wildman–Crippen LogP) is 2.73. The van der Waals surface area contributed by atoms with E-state index >= 15 is 0 Å². The number of nitrogens with two attached hydrogens (primary N) is 1. The summed E-state index contributed by atoms with van der Waals surface area (Å²) in [4.78, 5) is 12.0. The van der Waals surface area contributed by atoms with Crippen LogP contribution in [0, 0.1) is 0 Å². The highest BCUT2D eigenvalue weighted by molar-refractivity contribution is 6.44. The van der Waals surface area contributed by atoms with E-state index in [4.69, 9.17) is 33.7 Å². The quantitative estimate of drug-likeness (QED) is 0.820. The first-order valence-electron chi connectivity index (χ1n) is 5.58. The third-order valence-electron chi connectivity index (χ3n) is 2.24. The molecule has 1 aromatic rings. The number of benzene rings is 1. The van der Waals surface area contributed by atoms with Crippen molar-refractivity contribution in [2.24, 2.45) is 0 Å². The van der Waals surface area contributed by atoms with Crippen LogP contribution in [0.3, 0.4) is 0 Å². The third-order valence-corrected chi connectivity index (χ3v) is 3.05. The fourth-order valence-electron chi connectivity index (χ4n) is 1.41. The zero-order chi connectivity index (χ0) is 13.7. The first-order valence-corrected chi connectivity index (χ1v) is 6.34. The maximum Gasteiger partial charge on any atom is 0.253 e. The Labute approximate surface area is 116 Å². The molecule has 6 heteroatoms. The molecule has 0 aliphatic carbocycles. The number of halogens is 2. The van der Waals surface area contributed by atoms with E-state index in [-0.39, 0.29) is 27.6 Å². The topological polar surface area (TPSA) is 64.3 Å². The van der Waals surface area contributed by atoms with E-state index in [0.717, 1.165) is 0 Å². The number of amides is 1. The van der Waals surface area contributed by atoms with E-state index in [1.54, 1.807) is 0 Å². The number of hydrogen-bond donors (Lipinski definition) is 2. The Kier molecular flexibility index (Phi) is 5.72. The van der Waals surface area contributed by atoms with Crippen LogP contribution in [0.2, 0.25) is 10.0 Å². The van der Waals surface area contributed by atoms with Crippen LogP contribution in [0.5, 0.6) is 0 Å². The molecule has 1 unspecified atom stereocenters. The van der Waals surface area contributed by atoms with Gasteiger partial charge in [0, 0.05) is 18.3 Å². The molecular formula is C12H16Cl2N2O2. The molecular weight excluding hydrogens is 275 g/mol. The number of nitrogens with one attached hydrogen (secondary N) is 1. The standard InChI is InChI=1S/C12H16Cl2N2O2/c1-3-18-6-7(2)16-12(17)9-4-8(15)5-10(13)11(9)14/h4-5,7H,3,6,15H2,1-2H3,(H,16,17). The molecule has 1 amide bonds. The molecule has 0 fully saturated rings. The number of rotatable bonds is 5. The van der Waals surface area contributed by atoms with Crippen LogP contribution in [-0.2, 0) is 4.74 Å². The molecule has 0 bridgehead atoms. The molecule has 0 aromatic heterocycles. The van der Waals surface area contributed by atoms with E-state index in [0.29, 0.717) is 18.9 Å². The number of nitrogen functional groups attached to an aromatic ring is 1. The van der Waals surface area contributed by atoms with Gasteiger partial charge >= 0.3 is 0 Å². The molecule has 1 aromatic carbocycles. The van der Waals surface area contributed by atoms with Gasteiger partial charge in [-0.25, -0.2) is 0 Å². The highest BCUT2D eigenvalue weighted by Gasteiger charge is 2.16. The minimum absolute atomic E-state index is 0.117. The molecule has 0 heterocycles. The molecule has 4 nitrogen and oxygen atoms in total. The fourth-order valence-corrected chi connectivity index (χ4v) is 1.84. The summed E-state index contributed by atoms with van der Waals surface area (Å²) in [6, 6.07) is 2.88. The number of carbonyl (C=O) groups is 1. The van der Waals surface area contributed by atoms with Crippen LogP contribution in [0.15, 0.2) is 12.1 Å². The van der Waals surface area contributed by atoms with Crippen molar-refractivity contribution < 1.29 is 9.53 Å². The van der Waals surface area contributed by atoms with E-state index in [1.807, 2.05) is 13.8 Å². The van der Waals surface area contributed by atoms with Crippen LogP contribution in [0.1, 0.15) is 24.2 Å². The van der Waals surface area contributed by atoms with Gasteiger partial charge in [0.05, 0.1) is 22.2 Å². The lowest BCUT2D eigenvalue weighted by Gasteiger charge is -2.15. The summed E-state index contributed by atoms with van der Waals surface area (Å²) >= 11 is 11.8. The monoisotopic (exact) mass is 290 g/mol. The van der Waals surface area contributed by atoms with Gasteiger partial charge in [0.1, 0.15) is 0 Å². The van der Waals surface area contributed by atoms with Crippen LogP contribution in [0.4, 0.5) is 5.69 Å². The number of hydrogen-bond acceptors (Lipinski definition) is 3. The zero-order valence-corrected chi connectivity index (χ0v) is 11.8. The molecule has 100 valence electrons. The Bertz CT molecular complexity index is 438. The molecule has 1 rings (SSSR count). The zero-order valence-electron chi connectivity index (χ0n) is 10.3. The van der Waals surface area contributed by atoms with Crippen molar-refractivity contribution in [3.63, 3.8) is 0 Å². The van der Waals surface area contributed by atoms with Crippen LogP contribution < -0.4 is 11.1 Å². The number of ether oxygens (including phenoxy) is 1. The largest absolute Gasteiger partial charge is 0.399 e. The first kappa shape index (κ1) is 15.1. The van der Waals surface area contributed by atoms with Gasteiger partial charge < -0.3 is 15.8 Å². The molecule has 0 aliphatic rings. The van der Waals surface area contributed by atoms with Gasteiger partial charge in [-0.15, -0.1) is 0 Å². The third kappa shape index (κ3) is 4.05. The van der Waals surface area contributed by atoms with Crippen molar-refractivity contribution in [1.82, 2.24) is 5.32 Å². The maximum absolute atomic E-state index is 12.0. The Morgan fingerprint density at radius 1 is 1.50 bits per heavy atom. The molecule has 0 saturated carbocycles. The highest BCUT2D eigenvalue weighted by atomic mass is 35.5. The molecule has 0 aliphatic heterocycles. The summed E-state index contributed by atoms with van der Waals surface area (Å²) in [5.41, 5.74) is 6.29. The van der Waals surface area contributed by atoms with E-state index in [1.165, 1.54) is 12.1 Å². The second-order valence-corrected chi connectivity index (χ2v) is 4.68. The average Bonchev–Trinajstić information content (AvgIpc) is 2.30. The van der Waals surface area contributed by atoms with Crippen molar-refractivity contribution in [3.8, 4) is 0 Å². The second kappa shape index (κ2) is 6.83. The average molecular weight is 291 g/mol. The summed E-state index contributed by atoms with van der Waals surface area (Å²) in [7, 11) is 0. The van der Waals surface area contributed by atoms with Crippen LogP contribution in [-0.4, -0.2) is 25.2 Å². The number of anilines is 1. The number of carbonyl (C=O) groups excluding carboxylic acids is 1. The summed E-state index contributed by atoms with van der Waals surface area (Å²) in [5.74, 6) is -0.318. The molecule has 0 spiro atoms. The summed E-state index contributed by atoms with van der Waals surface area (Å²) in [6.07, 6.45) is 0. The van der Waals surface area contributed by atoms with Gasteiger partial charge in [0.15, 0.2) is 0 Å². The van der Waals surface area contributed by atoms with Gasteiger partial charge in [0.2, 0.25) is 0 Å². The molecule has 1 atom stereocenters. The fraction of sp³-hybridized carbons (Fsp3) is 0.417. The molecule has 18 heavy (non-hydrogen) atoms. The van der Waals surface area contributed by atoms with Gasteiger partial charge in [0.25, 0.3) is 5.91 Å². The Morgan fingerprint density at radius 2 is 2.17 bits per heavy atom. The smallest absolute Gasteiger partial charge is 0.253 e. The molecule has 0 radical (unpaired) electrons. The van der Waals surface area contributed by atoms with Crippen molar-refractivity contribution in [1.29, 1.82) is 0 Å². The Balaban J connectivity index is 2.78. The Hall–Kier alpha value is -0.970. The van der Waals surface area contributed by atoms with Crippen LogP contribution in [0.25, 0.3) is 0 Å². The SMILES string of the molecule is CCOCC(C)NC(=O)c1cc(N)cc(Cl)c1Cl. The first-order chi connectivity index (χ1) is 8.45. The van der Waals surface area contributed by atoms with Crippen molar-refractivity contribution in [2.75, 3.05) is 18.9 Å². The lowest BCUT2D eigenvalue weighted by atomic mass is 10.1. The Morgan fingerprint density at radius 3 is 2.78 bits per heavy atom. The van der Waals surface area contributed by atoms with E-state index in [2.05, 4.69) is 5.32 Å².